The minimum absolute atomic E-state index is 0.0743. The number of aliphatic carboxylic acids is 1. The third-order valence-corrected chi connectivity index (χ3v) is 4.06. The van der Waals surface area contributed by atoms with E-state index in [0.29, 0.717) is 35.1 Å². The minimum atomic E-state index is -0.841. The number of rotatable bonds is 7. The number of aryl methyl sites for hydroxylation is 2. The molecule has 0 bridgehead atoms. The van der Waals surface area contributed by atoms with E-state index in [-0.39, 0.29) is 12.3 Å². The smallest absolute Gasteiger partial charge is 0.303 e. The molecule has 2 rings (SSSR count). The summed E-state index contributed by atoms with van der Waals surface area (Å²) in [6, 6.07) is 10.4. The maximum atomic E-state index is 12.4. The summed E-state index contributed by atoms with van der Waals surface area (Å²) < 4.78 is 5.45. The van der Waals surface area contributed by atoms with E-state index in [1.807, 2.05) is 13.8 Å². The van der Waals surface area contributed by atoms with Crippen LogP contribution < -0.4 is 10.1 Å². The van der Waals surface area contributed by atoms with Gasteiger partial charge in [0.05, 0.1) is 17.2 Å². The average Bonchev–Trinajstić information content (AvgIpc) is 2.56. The normalized spacial score (nSPS) is 10.4. The van der Waals surface area contributed by atoms with E-state index < -0.39 is 5.97 Å². The van der Waals surface area contributed by atoms with Crippen LogP contribution in [0.25, 0.3) is 0 Å². The molecule has 0 aromatic heterocycles. The first kappa shape index (κ1) is 18.8. The first-order valence-corrected chi connectivity index (χ1v) is 8.27. The zero-order valence-corrected chi connectivity index (χ0v) is 14.9. The van der Waals surface area contributed by atoms with E-state index in [9.17, 15) is 9.59 Å². The van der Waals surface area contributed by atoms with Crippen molar-refractivity contribution in [3.63, 3.8) is 0 Å². The third kappa shape index (κ3) is 5.50. The van der Waals surface area contributed by atoms with Gasteiger partial charge >= 0.3 is 5.97 Å². The monoisotopic (exact) mass is 361 g/mol. The van der Waals surface area contributed by atoms with Crippen LogP contribution >= 0.6 is 11.6 Å². The molecule has 0 aliphatic heterocycles. The van der Waals surface area contributed by atoms with Crippen molar-refractivity contribution in [3.8, 4) is 5.75 Å². The summed E-state index contributed by atoms with van der Waals surface area (Å²) in [7, 11) is 0. The van der Waals surface area contributed by atoms with Crippen LogP contribution in [0.4, 0.5) is 5.69 Å². The third-order valence-electron chi connectivity index (χ3n) is 3.74. The average molecular weight is 362 g/mol. The number of carbonyl (C=O) groups excluding carboxylic acids is 1. The van der Waals surface area contributed by atoms with E-state index in [1.54, 1.807) is 36.4 Å². The van der Waals surface area contributed by atoms with Crippen molar-refractivity contribution in [1.82, 2.24) is 0 Å². The van der Waals surface area contributed by atoms with Gasteiger partial charge in [-0.15, -0.1) is 0 Å². The first-order valence-electron chi connectivity index (χ1n) is 7.89. The highest BCUT2D eigenvalue weighted by atomic mass is 35.5. The maximum Gasteiger partial charge on any atom is 0.303 e. The summed E-state index contributed by atoms with van der Waals surface area (Å²) >= 11 is 6.16. The minimum Gasteiger partial charge on any atom is -0.494 e. The summed E-state index contributed by atoms with van der Waals surface area (Å²) in [5, 5.41) is 11.8. The molecule has 25 heavy (non-hydrogen) atoms. The maximum absolute atomic E-state index is 12.4. The number of ether oxygens (including phenoxy) is 1. The molecule has 1 amide bonds. The van der Waals surface area contributed by atoms with Gasteiger partial charge in [-0.05, 0) is 67.8 Å². The van der Waals surface area contributed by atoms with Gasteiger partial charge in [0.1, 0.15) is 5.75 Å². The molecular formula is C19H20ClNO4. The van der Waals surface area contributed by atoms with E-state index in [0.717, 1.165) is 11.1 Å². The number of benzene rings is 2. The Kier molecular flexibility index (Phi) is 6.42. The van der Waals surface area contributed by atoms with E-state index in [4.69, 9.17) is 21.4 Å². The second kappa shape index (κ2) is 8.53. The number of carboxylic acids is 1. The van der Waals surface area contributed by atoms with Crippen molar-refractivity contribution in [2.45, 2.75) is 26.7 Å². The molecule has 0 aliphatic rings. The standard InChI is InChI=1S/C19H20ClNO4/c1-12-10-16(17(20)11-13(12)2)19(24)21-14-5-7-15(8-6-14)25-9-3-4-18(22)23/h5-8,10-11H,3-4,9H2,1-2H3,(H,21,24)(H,22,23). The van der Waals surface area contributed by atoms with E-state index in [2.05, 4.69) is 5.32 Å². The molecule has 0 aliphatic carbocycles. The second-order valence-corrected chi connectivity index (χ2v) is 6.15. The first-order chi connectivity index (χ1) is 11.9. The summed E-state index contributed by atoms with van der Waals surface area (Å²) in [5.41, 5.74) is 3.08. The van der Waals surface area contributed by atoms with Crippen molar-refractivity contribution in [2.75, 3.05) is 11.9 Å². The molecule has 0 heterocycles. The number of nitrogens with one attached hydrogen (secondary N) is 1. The highest BCUT2D eigenvalue weighted by Crippen LogP contribution is 2.23. The highest BCUT2D eigenvalue weighted by Gasteiger charge is 2.12. The fourth-order valence-corrected chi connectivity index (χ4v) is 2.51. The van der Waals surface area contributed by atoms with Gasteiger partial charge in [-0.25, -0.2) is 0 Å². The van der Waals surface area contributed by atoms with Crippen molar-refractivity contribution < 1.29 is 19.4 Å². The summed E-state index contributed by atoms with van der Waals surface area (Å²) in [4.78, 5) is 22.8. The lowest BCUT2D eigenvalue weighted by atomic mass is 10.1. The molecule has 0 unspecified atom stereocenters. The molecule has 2 N–H and O–H groups in total. The topological polar surface area (TPSA) is 75.6 Å². The van der Waals surface area contributed by atoms with Crippen LogP contribution in [-0.2, 0) is 4.79 Å². The van der Waals surface area contributed by atoms with E-state index in [1.165, 1.54) is 0 Å². The van der Waals surface area contributed by atoms with Crippen LogP contribution in [0.5, 0.6) is 5.75 Å². The molecule has 0 atom stereocenters. The van der Waals surface area contributed by atoms with Crippen molar-refractivity contribution >= 4 is 29.2 Å². The van der Waals surface area contributed by atoms with E-state index >= 15 is 0 Å². The Hall–Kier alpha value is -2.53. The Morgan fingerprint density at radius 2 is 1.76 bits per heavy atom. The second-order valence-electron chi connectivity index (χ2n) is 5.74. The largest absolute Gasteiger partial charge is 0.494 e. The molecule has 5 nitrogen and oxygen atoms in total. The van der Waals surface area contributed by atoms with Gasteiger partial charge < -0.3 is 15.2 Å². The van der Waals surface area contributed by atoms with Crippen molar-refractivity contribution in [3.05, 3.63) is 58.1 Å². The Bertz CT molecular complexity index is 772. The Morgan fingerprint density at radius 3 is 2.40 bits per heavy atom. The molecule has 2 aromatic carbocycles. The van der Waals surface area contributed by atoms with Gasteiger partial charge in [0.2, 0.25) is 0 Å². The molecule has 132 valence electrons. The molecule has 6 heteroatoms. The molecule has 0 radical (unpaired) electrons. The molecule has 0 saturated heterocycles. The van der Waals surface area contributed by atoms with Crippen LogP contribution in [0.2, 0.25) is 5.02 Å². The number of halogens is 1. The van der Waals surface area contributed by atoms with Gasteiger partial charge in [0.15, 0.2) is 0 Å². The van der Waals surface area contributed by atoms with Crippen LogP contribution in [0, 0.1) is 13.8 Å². The molecular weight excluding hydrogens is 342 g/mol. The number of amides is 1. The summed E-state index contributed by atoms with van der Waals surface area (Å²) in [6.07, 6.45) is 0.518. The Morgan fingerprint density at radius 1 is 1.12 bits per heavy atom. The molecule has 0 saturated carbocycles. The zero-order chi connectivity index (χ0) is 18.4. The highest BCUT2D eigenvalue weighted by molar-refractivity contribution is 6.34. The lowest BCUT2D eigenvalue weighted by Gasteiger charge is -2.10. The molecule has 0 spiro atoms. The summed E-state index contributed by atoms with van der Waals surface area (Å²) in [6.45, 7) is 4.20. The van der Waals surface area contributed by atoms with Gasteiger partial charge in [0, 0.05) is 12.1 Å². The van der Waals surface area contributed by atoms with Crippen molar-refractivity contribution in [1.29, 1.82) is 0 Å². The van der Waals surface area contributed by atoms with Gasteiger partial charge in [-0.1, -0.05) is 11.6 Å². The number of carbonyl (C=O) groups is 2. The Balaban J connectivity index is 1.95. The van der Waals surface area contributed by atoms with Crippen LogP contribution in [0.15, 0.2) is 36.4 Å². The van der Waals surface area contributed by atoms with Crippen LogP contribution in [0.1, 0.15) is 34.3 Å². The molecule has 0 fully saturated rings. The van der Waals surface area contributed by atoms with Crippen LogP contribution in [0.3, 0.4) is 0 Å². The number of carboxylic acid groups (broad SMARTS) is 1. The SMILES string of the molecule is Cc1cc(Cl)c(C(=O)Nc2ccc(OCCCC(=O)O)cc2)cc1C. The number of hydrogen-bond donors (Lipinski definition) is 2. The fourth-order valence-electron chi connectivity index (χ4n) is 2.20. The molecule has 2 aromatic rings. The zero-order valence-electron chi connectivity index (χ0n) is 14.1. The van der Waals surface area contributed by atoms with Gasteiger partial charge in [-0.2, -0.15) is 0 Å². The number of hydrogen-bond acceptors (Lipinski definition) is 3. The fraction of sp³-hybridized carbons (Fsp3) is 0.263. The predicted octanol–water partition coefficient (Wildman–Crippen LogP) is 4.45. The lowest BCUT2D eigenvalue weighted by molar-refractivity contribution is -0.137. The summed E-state index contributed by atoms with van der Waals surface area (Å²) in [5.74, 6) is -0.498. The van der Waals surface area contributed by atoms with Crippen LogP contribution in [-0.4, -0.2) is 23.6 Å². The Labute approximate surface area is 151 Å². The lowest BCUT2D eigenvalue weighted by Crippen LogP contribution is -2.13. The van der Waals surface area contributed by atoms with Gasteiger partial charge in [-0.3, -0.25) is 9.59 Å². The number of anilines is 1. The van der Waals surface area contributed by atoms with Crippen molar-refractivity contribution in [2.24, 2.45) is 0 Å². The predicted molar refractivity (Wildman–Crippen MR) is 97.7 cm³/mol. The quantitative estimate of drug-likeness (QED) is 0.714. The van der Waals surface area contributed by atoms with Gasteiger partial charge in [0.25, 0.3) is 5.91 Å².